The summed E-state index contributed by atoms with van der Waals surface area (Å²) in [5.41, 5.74) is 0.307. The molecule has 0 aliphatic rings. The number of hydrogen-bond donors (Lipinski definition) is 1. The molecule has 0 atom stereocenters. The first-order chi connectivity index (χ1) is 13.3. The summed E-state index contributed by atoms with van der Waals surface area (Å²) in [6, 6.07) is 5.66. The van der Waals surface area contributed by atoms with E-state index < -0.39 is 18.5 Å². The van der Waals surface area contributed by atoms with E-state index in [9.17, 15) is 9.59 Å². The van der Waals surface area contributed by atoms with E-state index in [0.717, 1.165) is 0 Å². The SMILES string of the molecule is COc1cc(OC)c(C(=O)OCC(=O)Nc2cc(Cl)c(Cl)cc2Cl)cc1OC. The fourth-order valence-electron chi connectivity index (χ4n) is 2.20. The number of carbonyl (C=O) groups is 2. The first-order valence-electron chi connectivity index (χ1n) is 7.72. The minimum absolute atomic E-state index is 0.0699. The summed E-state index contributed by atoms with van der Waals surface area (Å²) in [6.07, 6.45) is 0. The van der Waals surface area contributed by atoms with Gasteiger partial charge in [0, 0.05) is 12.1 Å². The van der Waals surface area contributed by atoms with Gasteiger partial charge >= 0.3 is 5.97 Å². The molecule has 0 heterocycles. The van der Waals surface area contributed by atoms with Gasteiger partial charge in [-0.3, -0.25) is 4.79 Å². The van der Waals surface area contributed by atoms with E-state index in [-0.39, 0.29) is 32.1 Å². The van der Waals surface area contributed by atoms with Crippen LogP contribution in [-0.4, -0.2) is 39.8 Å². The van der Waals surface area contributed by atoms with Gasteiger partial charge in [0.05, 0.1) is 42.1 Å². The minimum Gasteiger partial charge on any atom is -0.496 e. The number of amides is 1. The summed E-state index contributed by atoms with van der Waals surface area (Å²) in [4.78, 5) is 24.4. The molecule has 2 rings (SSSR count). The van der Waals surface area contributed by atoms with Crippen LogP contribution in [0.3, 0.4) is 0 Å². The lowest BCUT2D eigenvalue weighted by atomic mass is 10.1. The number of ether oxygens (including phenoxy) is 4. The molecule has 0 spiro atoms. The molecule has 1 N–H and O–H groups in total. The first kappa shape index (κ1) is 21.9. The number of anilines is 1. The Morgan fingerprint density at radius 1 is 0.821 bits per heavy atom. The molecule has 0 unspecified atom stereocenters. The zero-order chi connectivity index (χ0) is 20.8. The van der Waals surface area contributed by atoms with Crippen molar-refractivity contribution >= 4 is 52.4 Å². The molecule has 0 aliphatic carbocycles. The number of esters is 1. The quantitative estimate of drug-likeness (QED) is 0.497. The Kier molecular flexibility index (Phi) is 7.62. The van der Waals surface area contributed by atoms with Crippen LogP contribution in [0, 0.1) is 0 Å². The van der Waals surface area contributed by atoms with E-state index in [1.807, 2.05) is 0 Å². The van der Waals surface area contributed by atoms with Crippen LogP contribution >= 0.6 is 34.8 Å². The minimum atomic E-state index is -0.784. The topological polar surface area (TPSA) is 83.1 Å². The number of hydrogen-bond acceptors (Lipinski definition) is 6. The van der Waals surface area contributed by atoms with E-state index in [4.69, 9.17) is 53.8 Å². The van der Waals surface area contributed by atoms with Crippen LogP contribution in [-0.2, 0) is 9.53 Å². The highest BCUT2D eigenvalue weighted by atomic mass is 35.5. The van der Waals surface area contributed by atoms with Crippen LogP contribution in [0.1, 0.15) is 10.4 Å². The van der Waals surface area contributed by atoms with E-state index in [1.165, 1.54) is 45.6 Å². The largest absolute Gasteiger partial charge is 0.496 e. The van der Waals surface area contributed by atoms with Gasteiger partial charge in [0.15, 0.2) is 18.1 Å². The fourth-order valence-corrected chi connectivity index (χ4v) is 2.80. The molecule has 2 aromatic carbocycles. The molecule has 150 valence electrons. The molecule has 28 heavy (non-hydrogen) atoms. The lowest BCUT2D eigenvalue weighted by molar-refractivity contribution is -0.119. The van der Waals surface area contributed by atoms with Gasteiger partial charge in [0.25, 0.3) is 5.91 Å². The molecule has 7 nitrogen and oxygen atoms in total. The molecule has 0 aromatic heterocycles. The van der Waals surface area contributed by atoms with Gasteiger partial charge in [-0.25, -0.2) is 4.79 Å². The van der Waals surface area contributed by atoms with Crippen LogP contribution in [0.5, 0.6) is 17.2 Å². The summed E-state index contributed by atoms with van der Waals surface area (Å²) in [6.45, 7) is -0.563. The summed E-state index contributed by atoms with van der Waals surface area (Å²) < 4.78 is 20.5. The Morgan fingerprint density at radius 2 is 1.39 bits per heavy atom. The van der Waals surface area contributed by atoms with Crippen LogP contribution in [0.25, 0.3) is 0 Å². The third-order valence-electron chi connectivity index (χ3n) is 3.54. The smallest absolute Gasteiger partial charge is 0.342 e. The van der Waals surface area contributed by atoms with E-state index >= 15 is 0 Å². The summed E-state index contributed by atoms with van der Waals surface area (Å²) >= 11 is 17.7. The monoisotopic (exact) mass is 447 g/mol. The number of halogens is 3. The molecule has 0 saturated carbocycles. The van der Waals surface area contributed by atoms with Crippen LogP contribution in [0.4, 0.5) is 5.69 Å². The van der Waals surface area contributed by atoms with Gasteiger partial charge in [-0.1, -0.05) is 34.8 Å². The average Bonchev–Trinajstić information content (AvgIpc) is 2.68. The van der Waals surface area contributed by atoms with E-state index in [0.29, 0.717) is 11.5 Å². The van der Waals surface area contributed by atoms with Crippen molar-refractivity contribution in [2.45, 2.75) is 0 Å². The van der Waals surface area contributed by atoms with Gasteiger partial charge in [0.1, 0.15) is 11.3 Å². The second kappa shape index (κ2) is 9.73. The molecule has 10 heteroatoms. The van der Waals surface area contributed by atoms with Crippen molar-refractivity contribution in [1.82, 2.24) is 0 Å². The number of rotatable bonds is 7. The number of nitrogens with one attached hydrogen (secondary N) is 1. The Bertz CT molecular complexity index is 903. The maximum Gasteiger partial charge on any atom is 0.342 e. The number of carbonyl (C=O) groups excluding carboxylic acids is 2. The third kappa shape index (κ3) is 5.13. The van der Waals surface area contributed by atoms with Crippen molar-refractivity contribution in [3.63, 3.8) is 0 Å². The summed E-state index contributed by atoms with van der Waals surface area (Å²) in [5.74, 6) is -0.512. The zero-order valence-corrected chi connectivity index (χ0v) is 17.4. The lowest BCUT2D eigenvalue weighted by Gasteiger charge is -2.14. The third-order valence-corrected chi connectivity index (χ3v) is 4.58. The number of benzene rings is 2. The molecule has 0 fully saturated rings. The molecule has 0 radical (unpaired) electrons. The maximum absolute atomic E-state index is 12.4. The second-order valence-corrected chi connectivity index (χ2v) is 6.50. The fraction of sp³-hybridized carbons (Fsp3) is 0.222. The molecule has 1 amide bonds. The van der Waals surface area contributed by atoms with Crippen molar-refractivity contribution in [3.05, 3.63) is 44.9 Å². The highest BCUT2D eigenvalue weighted by Crippen LogP contribution is 2.35. The van der Waals surface area contributed by atoms with Crippen molar-refractivity contribution in [1.29, 1.82) is 0 Å². The van der Waals surface area contributed by atoms with Crippen molar-refractivity contribution in [2.75, 3.05) is 33.3 Å². The highest BCUT2D eigenvalue weighted by Gasteiger charge is 2.20. The summed E-state index contributed by atoms with van der Waals surface area (Å²) in [7, 11) is 4.26. The Balaban J connectivity index is 2.09. The second-order valence-electron chi connectivity index (χ2n) is 5.28. The van der Waals surface area contributed by atoms with Gasteiger partial charge < -0.3 is 24.3 Å². The molecule has 0 aliphatic heterocycles. The summed E-state index contributed by atoms with van der Waals surface area (Å²) in [5, 5.41) is 3.14. The Morgan fingerprint density at radius 3 is 2.00 bits per heavy atom. The standard InChI is InChI=1S/C18H16Cl3NO6/c1-25-14-7-16(27-3)15(26-2)4-9(14)18(24)28-8-17(23)22-13-6-11(20)10(19)5-12(13)21/h4-7H,8H2,1-3H3,(H,22,23). The molecule has 0 bridgehead atoms. The maximum atomic E-state index is 12.4. The van der Waals surface area contributed by atoms with E-state index in [1.54, 1.807) is 0 Å². The van der Waals surface area contributed by atoms with E-state index in [2.05, 4.69) is 5.32 Å². The van der Waals surface area contributed by atoms with Gasteiger partial charge in [-0.2, -0.15) is 0 Å². The lowest BCUT2D eigenvalue weighted by Crippen LogP contribution is -2.21. The van der Waals surface area contributed by atoms with Gasteiger partial charge in [-0.15, -0.1) is 0 Å². The van der Waals surface area contributed by atoms with Crippen LogP contribution in [0.2, 0.25) is 15.1 Å². The predicted octanol–water partition coefficient (Wildman–Crippen LogP) is 4.47. The van der Waals surface area contributed by atoms with Crippen LogP contribution < -0.4 is 19.5 Å². The Hall–Kier alpha value is -2.35. The molecule has 2 aromatic rings. The molecular weight excluding hydrogens is 433 g/mol. The van der Waals surface area contributed by atoms with Gasteiger partial charge in [-0.05, 0) is 12.1 Å². The zero-order valence-electron chi connectivity index (χ0n) is 15.1. The molecular formula is C18H16Cl3NO6. The van der Waals surface area contributed by atoms with Crippen molar-refractivity contribution < 1.29 is 28.5 Å². The first-order valence-corrected chi connectivity index (χ1v) is 8.85. The van der Waals surface area contributed by atoms with Crippen molar-refractivity contribution in [3.8, 4) is 17.2 Å². The van der Waals surface area contributed by atoms with Gasteiger partial charge in [0.2, 0.25) is 0 Å². The Labute approximate surface area is 176 Å². The normalized spacial score (nSPS) is 10.2. The van der Waals surface area contributed by atoms with Crippen LogP contribution in [0.15, 0.2) is 24.3 Å². The highest BCUT2D eigenvalue weighted by molar-refractivity contribution is 6.44. The predicted molar refractivity (Wildman–Crippen MR) is 106 cm³/mol. The van der Waals surface area contributed by atoms with Crippen molar-refractivity contribution in [2.24, 2.45) is 0 Å². The molecule has 0 saturated heterocycles. The average molecular weight is 449 g/mol. The number of methoxy groups -OCH3 is 3.